The van der Waals surface area contributed by atoms with Gasteiger partial charge < -0.3 is 0 Å². The Morgan fingerprint density at radius 3 is 2.47 bits per heavy atom. The van der Waals surface area contributed by atoms with Crippen molar-refractivity contribution < 1.29 is 4.79 Å². The summed E-state index contributed by atoms with van der Waals surface area (Å²) in [5.41, 5.74) is 0.547. The van der Waals surface area contributed by atoms with Crippen LogP contribution in [0.1, 0.15) is 68.8 Å². The molecule has 0 saturated carbocycles. The third-order valence-corrected chi connectivity index (χ3v) is 2.88. The molecule has 0 fully saturated rings. The van der Waals surface area contributed by atoms with Gasteiger partial charge in [-0.3, -0.25) is 4.79 Å². The molecular formula is C14H22N2O. The van der Waals surface area contributed by atoms with Crippen LogP contribution in [0.4, 0.5) is 0 Å². The fraction of sp³-hybridized carbons (Fsp3) is 0.643. The summed E-state index contributed by atoms with van der Waals surface area (Å²) in [7, 11) is 0. The average molecular weight is 234 g/mol. The molecule has 0 aliphatic heterocycles. The van der Waals surface area contributed by atoms with Crippen LogP contribution in [0.5, 0.6) is 0 Å². The van der Waals surface area contributed by atoms with Gasteiger partial charge in [-0.05, 0) is 12.5 Å². The van der Waals surface area contributed by atoms with E-state index in [-0.39, 0.29) is 5.78 Å². The molecule has 0 bridgehead atoms. The predicted molar refractivity (Wildman–Crippen MR) is 69.0 cm³/mol. The van der Waals surface area contributed by atoms with Crippen molar-refractivity contribution in [2.24, 2.45) is 0 Å². The van der Waals surface area contributed by atoms with E-state index in [0.29, 0.717) is 12.1 Å². The summed E-state index contributed by atoms with van der Waals surface area (Å²) in [6.07, 6.45) is 12.3. The first-order valence-electron chi connectivity index (χ1n) is 6.63. The van der Waals surface area contributed by atoms with Crippen molar-refractivity contribution >= 4 is 5.78 Å². The van der Waals surface area contributed by atoms with Crippen molar-refractivity contribution in [3.63, 3.8) is 0 Å². The number of hydrogen-bond acceptors (Lipinski definition) is 3. The summed E-state index contributed by atoms with van der Waals surface area (Å²) in [6, 6.07) is 1.68. The molecule has 0 N–H and O–H groups in total. The standard InChI is InChI=1S/C14H22N2O/c1-2-3-4-5-6-7-8-9-14(17)13-10-11-15-12-16-13/h10-12H,2-9H2,1H3. The Kier molecular flexibility index (Phi) is 7.19. The summed E-state index contributed by atoms with van der Waals surface area (Å²) < 4.78 is 0. The highest BCUT2D eigenvalue weighted by molar-refractivity contribution is 5.93. The van der Waals surface area contributed by atoms with Crippen molar-refractivity contribution in [1.29, 1.82) is 0 Å². The lowest BCUT2D eigenvalue weighted by Gasteiger charge is -2.01. The topological polar surface area (TPSA) is 42.9 Å². The minimum absolute atomic E-state index is 0.140. The summed E-state index contributed by atoms with van der Waals surface area (Å²) in [4.78, 5) is 19.4. The number of rotatable bonds is 9. The van der Waals surface area contributed by atoms with Crippen LogP contribution < -0.4 is 0 Å². The van der Waals surface area contributed by atoms with E-state index in [2.05, 4.69) is 16.9 Å². The van der Waals surface area contributed by atoms with Crippen molar-refractivity contribution in [1.82, 2.24) is 9.97 Å². The van der Waals surface area contributed by atoms with Gasteiger partial charge in [0.05, 0.1) is 0 Å². The van der Waals surface area contributed by atoms with Crippen LogP contribution in [0.15, 0.2) is 18.6 Å². The lowest BCUT2D eigenvalue weighted by Crippen LogP contribution is -2.01. The number of unbranched alkanes of at least 4 members (excludes halogenated alkanes) is 6. The van der Waals surface area contributed by atoms with Gasteiger partial charge in [-0.15, -0.1) is 0 Å². The smallest absolute Gasteiger partial charge is 0.181 e. The maximum atomic E-state index is 11.7. The Hall–Kier alpha value is -1.25. The zero-order chi connectivity index (χ0) is 12.3. The van der Waals surface area contributed by atoms with Gasteiger partial charge in [0, 0.05) is 12.6 Å². The number of nitrogens with zero attached hydrogens (tertiary/aromatic N) is 2. The highest BCUT2D eigenvalue weighted by Gasteiger charge is 2.05. The minimum atomic E-state index is 0.140. The number of Topliss-reactive ketones (excluding diaryl/α,β-unsaturated/α-hetero) is 1. The molecule has 0 aromatic carbocycles. The van der Waals surface area contributed by atoms with Gasteiger partial charge in [0.1, 0.15) is 12.0 Å². The molecule has 0 aliphatic carbocycles. The molecule has 0 radical (unpaired) electrons. The largest absolute Gasteiger partial charge is 0.292 e. The van der Waals surface area contributed by atoms with E-state index in [1.165, 1.54) is 38.4 Å². The molecule has 94 valence electrons. The number of carbonyl (C=O) groups is 1. The maximum absolute atomic E-state index is 11.7. The van der Waals surface area contributed by atoms with Crippen molar-refractivity contribution in [2.45, 2.75) is 58.3 Å². The van der Waals surface area contributed by atoms with Gasteiger partial charge in [0.15, 0.2) is 5.78 Å². The Morgan fingerprint density at radius 1 is 1.12 bits per heavy atom. The van der Waals surface area contributed by atoms with Crippen LogP contribution in [0.25, 0.3) is 0 Å². The Balaban J connectivity index is 2.05. The van der Waals surface area contributed by atoms with E-state index >= 15 is 0 Å². The van der Waals surface area contributed by atoms with Gasteiger partial charge in [0.2, 0.25) is 0 Å². The van der Waals surface area contributed by atoms with Gasteiger partial charge in [-0.25, -0.2) is 9.97 Å². The zero-order valence-corrected chi connectivity index (χ0v) is 10.7. The van der Waals surface area contributed by atoms with Gasteiger partial charge in [-0.1, -0.05) is 45.4 Å². The molecule has 3 heteroatoms. The summed E-state index contributed by atoms with van der Waals surface area (Å²) in [5.74, 6) is 0.140. The first-order chi connectivity index (χ1) is 8.34. The second-order valence-corrected chi connectivity index (χ2v) is 4.39. The summed E-state index contributed by atoms with van der Waals surface area (Å²) in [5, 5.41) is 0. The lowest BCUT2D eigenvalue weighted by molar-refractivity contribution is 0.0974. The zero-order valence-electron chi connectivity index (χ0n) is 10.7. The molecule has 0 spiro atoms. The average Bonchev–Trinajstić information content (AvgIpc) is 2.38. The first kappa shape index (κ1) is 13.8. The van der Waals surface area contributed by atoms with E-state index in [4.69, 9.17) is 0 Å². The van der Waals surface area contributed by atoms with E-state index in [9.17, 15) is 4.79 Å². The molecule has 17 heavy (non-hydrogen) atoms. The highest BCUT2D eigenvalue weighted by atomic mass is 16.1. The molecule has 3 nitrogen and oxygen atoms in total. The van der Waals surface area contributed by atoms with E-state index < -0.39 is 0 Å². The third kappa shape index (κ3) is 6.15. The molecular weight excluding hydrogens is 212 g/mol. The Bertz CT molecular complexity index is 311. The number of carbonyl (C=O) groups excluding carboxylic acids is 1. The van der Waals surface area contributed by atoms with E-state index in [1.807, 2.05) is 0 Å². The fourth-order valence-corrected chi connectivity index (χ4v) is 1.83. The van der Waals surface area contributed by atoms with E-state index in [0.717, 1.165) is 12.8 Å². The summed E-state index contributed by atoms with van der Waals surface area (Å²) >= 11 is 0. The van der Waals surface area contributed by atoms with Crippen LogP contribution in [0.3, 0.4) is 0 Å². The molecule has 0 unspecified atom stereocenters. The molecule has 0 amide bonds. The minimum Gasteiger partial charge on any atom is -0.292 e. The fourth-order valence-electron chi connectivity index (χ4n) is 1.83. The van der Waals surface area contributed by atoms with Crippen LogP contribution in [-0.4, -0.2) is 15.8 Å². The van der Waals surface area contributed by atoms with Crippen LogP contribution in [0.2, 0.25) is 0 Å². The SMILES string of the molecule is CCCCCCCCCC(=O)c1ccncn1. The highest BCUT2D eigenvalue weighted by Crippen LogP contribution is 2.10. The van der Waals surface area contributed by atoms with E-state index in [1.54, 1.807) is 12.3 Å². The van der Waals surface area contributed by atoms with Crippen LogP contribution in [-0.2, 0) is 0 Å². The first-order valence-corrected chi connectivity index (χ1v) is 6.63. The molecule has 1 rings (SSSR count). The number of hydrogen-bond donors (Lipinski definition) is 0. The summed E-state index contributed by atoms with van der Waals surface area (Å²) in [6.45, 7) is 2.22. The molecule has 0 atom stereocenters. The molecule has 0 saturated heterocycles. The number of ketones is 1. The molecule has 1 heterocycles. The normalized spacial score (nSPS) is 10.4. The van der Waals surface area contributed by atoms with Crippen molar-refractivity contribution in [3.05, 3.63) is 24.3 Å². The van der Waals surface area contributed by atoms with Crippen molar-refractivity contribution in [3.8, 4) is 0 Å². The third-order valence-electron chi connectivity index (χ3n) is 2.88. The Labute approximate surface area is 104 Å². The Morgan fingerprint density at radius 2 is 1.82 bits per heavy atom. The van der Waals surface area contributed by atoms with Gasteiger partial charge in [0.25, 0.3) is 0 Å². The van der Waals surface area contributed by atoms with Crippen LogP contribution in [0, 0.1) is 0 Å². The molecule has 1 aromatic heterocycles. The second-order valence-electron chi connectivity index (χ2n) is 4.39. The second kappa shape index (κ2) is 8.85. The molecule has 1 aromatic rings. The number of aromatic nitrogens is 2. The van der Waals surface area contributed by atoms with Crippen LogP contribution >= 0.6 is 0 Å². The quantitative estimate of drug-likeness (QED) is 0.482. The van der Waals surface area contributed by atoms with Gasteiger partial charge in [-0.2, -0.15) is 0 Å². The van der Waals surface area contributed by atoms with Crippen molar-refractivity contribution in [2.75, 3.05) is 0 Å². The van der Waals surface area contributed by atoms with Gasteiger partial charge >= 0.3 is 0 Å². The monoisotopic (exact) mass is 234 g/mol. The predicted octanol–water partition coefficient (Wildman–Crippen LogP) is 3.80. The molecule has 0 aliphatic rings. The maximum Gasteiger partial charge on any atom is 0.181 e. The lowest BCUT2D eigenvalue weighted by atomic mass is 10.1.